The molecule has 1 heterocycles. The predicted molar refractivity (Wildman–Crippen MR) is 67.3 cm³/mol. The smallest absolute Gasteiger partial charge is 0.123 e. The topological polar surface area (TPSA) is 18.5 Å². The number of hydrogen-bond donors (Lipinski definition) is 0. The Morgan fingerprint density at radius 3 is 2.89 bits per heavy atom. The minimum atomic E-state index is -0.206. The van der Waals surface area contributed by atoms with Gasteiger partial charge in [0.25, 0.3) is 0 Å². The van der Waals surface area contributed by atoms with Crippen LogP contribution in [0.1, 0.15) is 37.7 Å². The maximum atomic E-state index is 13.0. The van der Waals surface area contributed by atoms with Crippen LogP contribution in [-0.2, 0) is 4.74 Å². The van der Waals surface area contributed by atoms with Gasteiger partial charge < -0.3 is 9.47 Å². The van der Waals surface area contributed by atoms with Crippen LogP contribution in [0, 0.1) is 12.7 Å². The minimum absolute atomic E-state index is 0.0941. The summed E-state index contributed by atoms with van der Waals surface area (Å²) in [4.78, 5) is 0. The Kier molecular flexibility index (Phi) is 3.02. The molecule has 1 aliphatic heterocycles. The highest BCUT2D eigenvalue weighted by Crippen LogP contribution is 2.43. The maximum absolute atomic E-state index is 13.0. The molecule has 1 aromatic rings. The van der Waals surface area contributed by atoms with E-state index in [-0.39, 0.29) is 17.5 Å². The van der Waals surface area contributed by atoms with Crippen LogP contribution in [0.4, 0.5) is 4.39 Å². The Balaban J connectivity index is 1.68. The first-order valence-corrected chi connectivity index (χ1v) is 6.74. The Hall–Kier alpha value is -1.09. The summed E-state index contributed by atoms with van der Waals surface area (Å²) in [6, 6.07) is 4.71. The molecule has 1 unspecified atom stereocenters. The molecule has 18 heavy (non-hydrogen) atoms. The molecule has 2 nitrogen and oxygen atoms in total. The number of ether oxygens (including phenoxy) is 2. The molecule has 1 spiro atoms. The monoisotopic (exact) mass is 250 g/mol. The van der Waals surface area contributed by atoms with Crippen LogP contribution in [0.2, 0.25) is 0 Å². The van der Waals surface area contributed by atoms with E-state index in [1.54, 1.807) is 6.07 Å². The van der Waals surface area contributed by atoms with Crippen molar-refractivity contribution in [1.82, 2.24) is 0 Å². The highest BCUT2D eigenvalue weighted by molar-refractivity contribution is 5.32. The first-order valence-electron chi connectivity index (χ1n) is 6.74. The van der Waals surface area contributed by atoms with Crippen molar-refractivity contribution in [3.63, 3.8) is 0 Å². The summed E-state index contributed by atoms with van der Waals surface area (Å²) in [5.41, 5.74) is 0.959. The van der Waals surface area contributed by atoms with E-state index in [4.69, 9.17) is 9.47 Å². The average Bonchev–Trinajstić information content (AvgIpc) is 2.31. The summed E-state index contributed by atoms with van der Waals surface area (Å²) in [6.07, 6.45) is 5.71. The Labute approximate surface area is 107 Å². The van der Waals surface area contributed by atoms with E-state index in [1.165, 1.54) is 18.6 Å². The van der Waals surface area contributed by atoms with Gasteiger partial charge in [0, 0.05) is 12.8 Å². The van der Waals surface area contributed by atoms with Crippen LogP contribution in [0.5, 0.6) is 5.75 Å². The molecule has 0 bridgehead atoms. The molecule has 3 rings (SSSR count). The SMILES string of the molecule is Cc1cc(F)ccc1OC1CCOC2(CCC2)C1. The molecule has 0 N–H and O–H groups in total. The minimum Gasteiger partial charge on any atom is -0.490 e. The van der Waals surface area contributed by atoms with Crippen molar-refractivity contribution in [1.29, 1.82) is 0 Å². The molecule has 1 aromatic carbocycles. The van der Waals surface area contributed by atoms with Crippen molar-refractivity contribution < 1.29 is 13.9 Å². The fourth-order valence-corrected chi connectivity index (χ4v) is 2.93. The molecule has 1 saturated carbocycles. The van der Waals surface area contributed by atoms with Gasteiger partial charge in [0.15, 0.2) is 0 Å². The van der Waals surface area contributed by atoms with Gasteiger partial charge in [-0.1, -0.05) is 0 Å². The lowest BCUT2D eigenvalue weighted by Crippen LogP contribution is -2.48. The molecule has 98 valence electrons. The quantitative estimate of drug-likeness (QED) is 0.798. The second-order valence-electron chi connectivity index (χ2n) is 5.53. The molecule has 2 aliphatic rings. The van der Waals surface area contributed by atoms with Gasteiger partial charge in [0.2, 0.25) is 0 Å². The maximum Gasteiger partial charge on any atom is 0.123 e. The van der Waals surface area contributed by atoms with Gasteiger partial charge in [-0.3, -0.25) is 0 Å². The number of aryl methyl sites for hydroxylation is 1. The lowest BCUT2D eigenvalue weighted by molar-refractivity contribution is -0.153. The molecule has 0 aromatic heterocycles. The van der Waals surface area contributed by atoms with Crippen LogP contribution in [0.15, 0.2) is 18.2 Å². The van der Waals surface area contributed by atoms with Gasteiger partial charge in [0.05, 0.1) is 12.2 Å². The van der Waals surface area contributed by atoms with Crippen LogP contribution >= 0.6 is 0 Å². The Morgan fingerprint density at radius 1 is 1.39 bits per heavy atom. The number of halogens is 1. The van der Waals surface area contributed by atoms with Gasteiger partial charge in [0.1, 0.15) is 17.7 Å². The highest BCUT2D eigenvalue weighted by Gasteiger charge is 2.43. The van der Waals surface area contributed by atoms with E-state index in [9.17, 15) is 4.39 Å². The zero-order valence-corrected chi connectivity index (χ0v) is 10.7. The predicted octanol–water partition coefficient (Wildman–Crippen LogP) is 3.61. The molecule has 2 fully saturated rings. The van der Waals surface area contributed by atoms with E-state index in [0.717, 1.165) is 43.6 Å². The first-order chi connectivity index (χ1) is 8.67. The van der Waals surface area contributed by atoms with Crippen molar-refractivity contribution in [2.75, 3.05) is 6.61 Å². The summed E-state index contributed by atoms with van der Waals surface area (Å²) in [5.74, 6) is 0.597. The standard InChI is InChI=1S/C15H19FO2/c1-11-9-12(16)3-4-14(11)18-13-5-8-17-15(10-13)6-2-7-15/h3-4,9,13H,2,5-8,10H2,1H3. The van der Waals surface area contributed by atoms with Crippen molar-refractivity contribution in [2.24, 2.45) is 0 Å². The zero-order valence-electron chi connectivity index (χ0n) is 10.7. The van der Waals surface area contributed by atoms with Gasteiger partial charge in [-0.15, -0.1) is 0 Å². The van der Waals surface area contributed by atoms with Crippen LogP contribution in [-0.4, -0.2) is 18.3 Å². The van der Waals surface area contributed by atoms with E-state index < -0.39 is 0 Å². The lowest BCUT2D eigenvalue weighted by atomic mass is 9.74. The summed E-state index contributed by atoms with van der Waals surface area (Å²) < 4.78 is 24.9. The lowest BCUT2D eigenvalue weighted by Gasteiger charge is -2.47. The van der Waals surface area contributed by atoms with E-state index in [0.29, 0.717) is 0 Å². The molecular weight excluding hydrogens is 231 g/mol. The van der Waals surface area contributed by atoms with E-state index >= 15 is 0 Å². The van der Waals surface area contributed by atoms with Crippen molar-refractivity contribution >= 4 is 0 Å². The van der Waals surface area contributed by atoms with Crippen molar-refractivity contribution in [3.05, 3.63) is 29.6 Å². The summed E-state index contributed by atoms with van der Waals surface area (Å²) in [7, 11) is 0. The van der Waals surface area contributed by atoms with Gasteiger partial charge in [-0.2, -0.15) is 0 Å². The second-order valence-corrected chi connectivity index (χ2v) is 5.53. The molecular formula is C15H19FO2. The van der Waals surface area contributed by atoms with Gasteiger partial charge >= 0.3 is 0 Å². The summed E-state index contributed by atoms with van der Waals surface area (Å²) in [6.45, 7) is 2.67. The largest absolute Gasteiger partial charge is 0.490 e. The fraction of sp³-hybridized carbons (Fsp3) is 0.600. The normalized spacial score (nSPS) is 25.8. The molecule has 1 aliphatic carbocycles. The third kappa shape index (κ3) is 2.24. The Bertz CT molecular complexity index is 440. The number of hydrogen-bond acceptors (Lipinski definition) is 2. The van der Waals surface area contributed by atoms with Crippen LogP contribution in [0.25, 0.3) is 0 Å². The summed E-state index contributed by atoms with van der Waals surface area (Å²) in [5, 5.41) is 0. The molecule has 1 atom stereocenters. The third-order valence-electron chi connectivity index (χ3n) is 4.14. The van der Waals surface area contributed by atoms with E-state index in [2.05, 4.69) is 0 Å². The van der Waals surface area contributed by atoms with Crippen LogP contribution < -0.4 is 4.74 Å². The zero-order chi connectivity index (χ0) is 12.6. The Morgan fingerprint density at radius 2 is 2.22 bits per heavy atom. The van der Waals surface area contributed by atoms with Crippen molar-refractivity contribution in [2.45, 2.75) is 50.7 Å². The molecule has 0 radical (unpaired) electrons. The third-order valence-corrected chi connectivity index (χ3v) is 4.14. The van der Waals surface area contributed by atoms with Gasteiger partial charge in [-0.25, -0.2) is 4.39 Å². The van der Waals surface area contributed by atoms with Crippen molar-refractivity contribution in [3.8, 4) is 5.75 Å². The van der Waals surface area contributed by atoms with Crippen LogP contribution in [0.3, 0.4) is 0 Å². The highest BCUT2D eigenvalue weighted by atomic mass is 19.1. The second kappa shape index (κ2) is 4.54. The first kappa shape index (κ1) is 12.0. The molecule has 0 amide bonds. The average molecular weight is 250 g/mol. The fourth-order valence-electron chi connectivity index (χ4n) is 2.93. The van der Waals surface area contributed by atoms with Gasteiger partial charge in [-0.05, 0) is 49.9 Å². The number of benzene rings is 1. The molecule has 3 heteroatoms. The van der Waals surface area contributed by atoms with E-state index in [1.807, 2.05) is 6.92 Å². The summed E-state index contributed by atoms with van der Waals surface area (Å²) >= 11 is 0. The molecule has 1 saturated heterocycles. The number of rotatable bonds is 2.